The number of hydrogen-bond donors (Lipinski definition) is 1. The summed E-state index contributed by atoms with van der Waals surface area (Å²) in [6.45, 7) is 0.605. The van der Waals surface area contributed by atoms with E-state index in [0.717, 1.165) is 24.1 Å². The Kier molecular flexibility index (Phi) is 4.93. The molecule has 2 amide bonds. The van der Waals surface area contributed by atoms with Gasteiger partial charge < -0.3 is 10.2 Å². The van der Waals surface area contributed by atoms with Gasteiger partial charge in [-0.05, 0) is 55.2 Å². The van der Waals surface area contributed by atoms with Gasteiger partial charge in [-0.1, -0.05) is 18.2 Å². The summed E-state index contributed by atoms with van der Waals surface area (Å²) in [6.07, 6.45) is 2.44. The van der Waals surface area contributed by atoms with E-state index < -0.39 is 9.84 Å². The molecule has 146 valence electrons. The molecule has 0 radical (unpaired) electrons. The Morgan fingerprint density at radius 3 is 2.54 bits per heavy atom. The molecule has 2 aromatic carbocycles. The predicted octanol–water partition coefficient (Wildman–Crippen LogP) is 2.79. The van der Waals surface area contributed by atoms with Crippen molar-refractivity contribution in [2.45, 2.75) is 30.6 Å². The van der Waals surface area contributed by atoms with E-state index in [9.17, 15) is 18.0 Å². The minimum absolute atomic E-state index is 0.111. The van der Waals surface area contributed by atoms with E-state index in [4.69, 9.17) is 0 Å². The normalized spacial score (nSPS) is 15.9. The third-order valence-electron chi connectivity index (χ3n) is 5.15. The molecule has 4 rings (SSSR count). The van der Waals surface area contributed by atoms with Crippen molar-refractivity contribution >= 4 is 33.0 Å². The highest BCUT2D eigenvalue weighted by atomic mass is 32.2. The number of fused-ring (bicyclic) bond motifs is 1. The van der Waals surface area contributed by atoms with Crippen molar-refractivity contribution in [2.24, 2.45) is 5.92 Å². The predicted molar refractivity (Wildman–Crippen MR) is 107 cm³/mol. The Balaban J connectivity index is 1.42. The summed E-state index contributed by atoms with van der Waals surface area (Å²) >= 11 is 0. The zero-order valence-corrected chi connectivity index (χ0v) is 16.2. The van der Waals surface area contributed by atoms with Crippen molar-refractivity contribution in [3.63, 3.8) is 0 Å². The molecule has 7 heteroatoms. The fraction of sp³-hybridized carbons (Fsp3) is 0.333. The summed E-state index contributed by atoms with van der Waals surface area (Å²) < 4.78 is 25.3. The molecule has 6 nitrogen and oxygen atoms in total. The van der Waals surface area contributed by atoms with Crippen LogP contribution in [-0.4, -0.2) is 32.5 Å². The number of sulfone groups is 1. The van der Waals surface area contributed by atoms with E-state index in [-0.39, 0.29) is 34.8 Å². The molecule has 1 N–H and O–H groups in total. The van der Waals surface area contributed by atoms with Crippen LogP contribution >= 0.6 is 0 Å². The number of rotatable bonds is 6. The molecule has 0 spiro atoms. The van der Waals surface area contributed by atoms with Crippen LogP contribution in [0.1, 0.15) is 24.8 Å². The Morgan fingerprint density at radius 1 is 1.07 bits per heavy atom. The van der Waals surface area contributed by atoms with E-state index in [2.05, 4.69) is 5.32 Å². The minimum Gasteiger partial charge on any atom is -0.326 e. The van der Waals surface area contributed by atoms with Gasteiger partial charge in [0.15, 0.2) is 9.84 Å². The number of hydrogen-bond acceptors (Lipinski definition) is 4. The molecule has 1 aliphatic heterocycles. The molecule has 1 fully saturated rings. The maximum absolute atomic E-state index is 12.7. The molecule has 1 heterocycles. The lowest BCUT2D eigenvalue weighted by Crippen LogP contribution is -2.30. The number of amides is 2. The van der Waals surface area contributed by atoms with Crippen molar-refractivity contribution in [1.29, 1.82) is 0 Å². The summed E-state index contributed by atoms with van der Waals surface area (Å²) in [7, 11) is -3.58. The summed E-state index contributed by atoms with van der Waals surface area (Å²) in [6, 6.07) is 13.9. The van der Waals surface area contributed by atoms with Crippen LogP contribution in [0.4, 0.5) is 11.4 Å². The molecular weight excluding hydrogens is 376 g/mol. The number of carbonyl (C=O) groups is 2. The quantitative estimate of drug-likeness (QED) is 0.811. The van der Waals surface area contributed by atoms with Crippen LogP contribution in [0.2, 0.25) is 0 Å². The second-order valence-electron chi connectivity index (χ2n) is 7.29. The minimum atomic E-state index is -3.58. The Labute approximate surface area is 164 Å². The molecule has 0 atom stereocenters. The van der Waals surface area contributed by atoms with Gasteiger partial charge in [-0.2, -0.15) is 0 Å². The van der Waals surface area contributed by atoms with Crippen molar-refractivity contribution < 1.29 is 18.0 Å². The van der Waals surface area contributed by atoms with E-state index >= 15 is 0 Å². The third-order valence-corrected chi connectivity index (χ3v) is 6.87. The topological polar surface area (TPSA) is 83.6 Å². The van der Waals surface area contributed by atoms with Gasteiger partial charge in [0.2, 0.25) is 11.8 Å². The molecule has 2 aliphatic rings. The fourth-order valence-corrected chi connectivity index (χ4v) is 4.73. The summed E-state index contributed by atoms with van der Waals surface area (Å²) in [4.78, 5) is 26.4. The van der Waals surface area contributed by atoms with Gasteiger partial charge in [0, 0.05) is 30.3 Å². The molecule has 0 bridgehead atoms. The van der Waals surface area contributed by atoms with Crippen LogP contribution in [0, 0.1) is 5.92 Å². The maximum atomic E-state index is 12.7. The lowest BCUT2D eigenvalue weighted by Gasteiger charge is -2.17. The molecular formula is C21H22N2O4S. The first kappa shape index (κ1) is 18.7. The van der Waals surface area contributed by atoms with Gasteiger partial charge >= 0.3 is 0 Å². The maximum Gasteiger partial charge on any atom is 0.230 e. The average Bonchev–Trinajstić information content (AvgIpc) is 3.46. The Hall–Kier alpha value is -2.67. The number of anilines is 2. The van der Waals surface area contributed by atoms with E-state index in [0.29, 0.717) is 18.7 Å². The van der Waals surface area contributed by atoms with E-state index in [1.165, 1.54) is 0 Å². The number of nitrogens with one attached hydrogen (secondary N) is 1. The van der Waals surface area contributed by atoms with Gasteiger partial charge in [-0.3, -0.25) is 9.59 Å². The number of para-hydroxylation sites is 1. The fourth-order valence-electron chi connectivity index (χ4n) is 3.44. The molecule has 1 aliphatic carbocycles. The largest absolute Gasteiger partial charge is 0.326 e. The van der Waals surface area contributed by atoms with Gasteiger partial charge in [0.25, 0.3) is 0 Å². The molecule has 1 saturated carbocycles. The number of nitrogens with zero attached hydrogens (tertiary/aromatic N) is 1. The van der Waals surface area contributed by atoms with Crippen LogP contribution in [0.25, 0.3) is 0 Å². The van der Waals surface area contributed by atoms with E-state index in [1.54, 1.807) is 47.4 Å². The highest BCUT2D eigenvalue weighted by Gasteiger charge is 2.36. The summed E-state index contributed by atoms with van der Waals surface area (Å²) in [5.41, 5.74) is 2.34. The highest BCUT2D eigenvalue weighted by Crippen LogP contribution is 2.37. The van der Waals surface area contributed by atoms with Crippen LogP contribution in [0.5, 0.6) is 0 Å². The van der Waals surface area contributed by atoms with Gasteiger partial charge in [0.05, 0.1) is 10.6 Å². The average molecular weight is 398 g/mol. The van der Waals surface area contributed by atoms with Crippen molar-refractivity contribution in [3.8, 4) is 0 Å². The first-order valence-electron chi connectivity index (χ1n) is 9.46. The highest BCUT2D eigenvalue weighted by molar-refractivity contribution is 7.91. The lowest BCUT2D eigenvalue weighted by molar-refractivity contribution is -0.119. The second-order valence-corrected chi connectivity index (χ2v) is 9.40. The Morgan fingerprint density at radius 2 is 1.82 bits per heavy atom. The first-order chi connectivity index (χ1) is 13.4. The van der Waals surface area contributed by atoms with Crippen LogP contribution in [-0.2, 0) is 25.8 Å². The SMILES string of the molecule is O=C(CCS(=O)(=O)c1ccc2c(c1)CCN2C(=O)C1CC1)Nc1ccccc1. The summed E-state index contributed by atoms with van der Waals surface area (Å²) in [5.74, 6) is -0.309. The monoisotopic (exact) mass is 398 g/mol. The second kappa shape index (κ2) is 7.39. The number of carbonyl (C=O) groups excluding carboxylic acids is 2. The first-order valence-corrected chi connectivity index (χ1v) is 11.1. The van der Waals surface area contributed by atoms with Crippen LogP contribution in [0.15, 0.2) is 53.4 Å². The van der Waals surface area contributed by atoms with Gasteiger partial charge in [-0.15, -0.1) is 0 Å². The molecule has 2 aromatic rings. The van der Waals surface area contributed by atoms with Crippen molar-refractivity contribution in [1.82, 2.24) is 0 Å². The van der Waals surface area contributed by atoms with Gasteiger partial charge in [-0.25, -0.2) is 8.42 Å². The molecule has 0 unspecified atom stereocenters. The van der Waals surface area contributed by atoms with Crippen molar-refractivity contribution in [3.05, 3.63) is 54.1 Å². The van der Waals surface area contributed by atoms with E-state index in [1.807, 2.05) is 6.07 Å². The van der Waals surface area contributed by atoms with Crippen LogP contribution < -0.4 is 10.2 Å². The molecule has 0 saturated heterocycles. The third kappa shape index (κ3) is 3.94. The molecule has 0 aromatic heterocycles. The Bertz CT molecular complexity index is 1010. The number of benzene rings is 2. The smallest absolute Gasteiger partial charge is 0.230 e. The van der Waals surface area contributed by atoms with Crippen LogP contribution in [0.3, 0.4) is 0 Å². The van der Waals surface area contributed by atoms with Crippen molar-refractivity contribution in [2.75, 3.05) is 22.5 Å². The van der Waals surface area contributed by atoms with Gasteiger partial charge in [0.1, 0.15) is 0 Å². The molecule has 28 heavy (non-hydrogen) atoms. The lowest BCUT2D eigenvalue weighted by atomic mass is 10.2. The standard InChI is InChI=1S/C21H22N2O4S/c24-20(22-17-4-2-1-3-5-17)11-13-28(26,27)18-8-9-19-16(14-18)10-12-23(19)21(25)15-6-7-15/h1-5,8-9,14-15H,6-7,10-13H2,(H,22,24). The summed E-state index contributed by atoms with van der Waals surface area (Å²) in [5, 5.41) is 2.69. The zero-order chi connectivity index (χ0) is 19.7. The zero-order valence-electron chi connectivity index (χ0n) is 15.4.